The van der Waals surface area contributed by atoms with Crippen molar-refractivity contribution in [2.24, 2.45) is 11.7 Å². The molecule has 1 fully saturated rings. The van der Waals surface area contributed by atoms with Gasteiger partial charge in [0, 0.05) is 23.9 Å². The zero-order chi connectivity index (χ0) is 12.3. The van der Waals surface area contributed by atoms with Gasteiger partial charge in [-0.2, -0.15) is 0 Å². The van der Waals surface area contributed by atoms with E-state index in [4.69, 9.17) is 5.73 Å². The Bertz CT molecular complexity index is 455. The Morgan fingerprint density at radius 3 is 3.06 bits per heavy atom. The van der Waals surface area contributed by atoms with Gasteiger partial charge in [0.15, 0.2) is 0 Å². The Kier molecular flexibility index (Phi) is 3.58. The Hall–Kier alpha value is -1.62. The summed E-state index contributed by atoms with van der Waals surface area (Å²) in [4.78, 5) is 25.5. The molecule has 1 heterocycles. The minimum absolute atomic E-state index is 0.145. The number of pyridine rings is 1. The van der Waals surface area contributed by atoms with Crippen LogP contribution in [0.1, 0.15) is 29.6 Å². The summed E-state index contributed by atoms with van der Waals surface area (Å²) in [6.07, 6.45) is 4.61. The third-order valence-corrected chi connectivity index (χ3v) is 3.32. The van der Waals surface area contributed by atoms with Crippen LogP contribution in [0.5, 0.6) is 0 Å². The maximum absolute atomic E-state index is 11.9. The molecule has 1 saturated carbocycles. The minimum atomic E-state index is -0.264. The van der Waals surface area contributed by atoms with Crippen LogP contribution in [0, 0.1) is 5.92 Å². The number of aromatic amines is 1. The lowest BCUT2D eigenvalue weighted by molar-refractivity contribution is 0.0928. The number of carbonyl (C=O) groups excluding carboxylic acids is 1. The van der Waals surface area contributed by atoms with Crippen molar-refractivity contribution in [3.63, 3.8) is 0 Å². The average Bonchev–Trinajstić information content (AvgIpc) is 2.76. The van der Waals surface area contributed by atoms with E-state index < -0.39 is 0 Å². The molecule has 0 radical (unpaired) electrons. The van der Waals surface area contributed by atoms with Gasteiger partial charge in [-0.1, -0.05) is 6.42 Å². The molecule has 5 heteroatoms. The van der Waals surface area contributed by atoms with Crippen LogP contribution in [-0.4, -0.2) is 23.5 Å². The van der Waals surface area contributed by atoms with E-state index in [9.17, 15) is 9.59 Å². The Morgan fingerprint density at radius 1 is 1.53 bits per heavy atom. The van der Waals surface area contributed by atoms with E-state index in [0.717, 1.165) is 19.3 Å². The molecule has 1 aromatic heterocycles. The molecule has 0 aromatic carbocycles. The van der Waals surface area contributed by atoms with E-state index in [-0.39, 0.29) is 17.5 Å². The van der Waals surface area contributed by atoms with E-state index in [0.29, 0.717) is 18.0 Å². The first-order chi connectivity index (χ1) is 8.20. The van der Waals surface area contributed by atoms with Crippen molar-refractivity contribution in [3.8, 4) is 0 Å². The van der Waals surface area contributed by atoms with Crippen molar-refractivity contribution in [2.45, 2.75) is 25.3 Å². The molecule has 1 aliphatic carbocycles. The number of nitrogens with two attached hydrogens (primary N) is 1. The predicted molar refractivity (Wildman–Crippen MR) is 64.7 cm³/mol. The molecule has 2 unspecified atom stereocenters. The fourth-order valence-electron chi connectivity index (χ4n) is 2.35. The first kappa shape index (κ1) is 11.9. The van der Waals surface area contributed by atoms with Gasteiger partial charge in [0.2, 0.25) is 5.56 Å². The summed E-state index contributed by atoms with van der Waals surface area (Å²) in [5.41, 5.74) is 5.79. The topological polar surface area (TPSA) is 88.0 Å². The van der Waals surface area contributed by atoms with Crippen LogP contribution >= 0.6 is 0 Å². The number of aromatic nitrogens is 1. The van der Waals surface area contributed by atoms with Crippen molar-refractivity contribution in [1.82, 2.24) is 10.3 Å². The molecule has 2 atom stereocenters. The predicted octanol–water partition coefficient (Wildman–Crippen LogP) is 0.232. The highest BCUT2D eigenvalue weighted by Crippen LogP contribution is 2.24. The molecule has 0 spiro atoms. The maximum Gasteiger partial charge on any atom is 0.251 e. The highest BCUT2D eigenvalue weighted by molar-refractivity contribution is 5.94. The van der Waals surface area contributed by atoms with E-state index >= 15 is 0 Å². The summed E-state index contributed by atoms with van der Waals surface area (Å²) in [7, 11) is 0. The molecular formula is C12H17N3O2. The van der Waals surface area contributed by atoms with Crippen molar-refractivity contribution in [3.05, 3.63) is 34.2 Å². The third kappa shape index (κ3) is 2.74. The number of H-pyrrole nitrogens is 1. The molecule has 0 bridgehead atoms. The normalized spacial score (nSPS) is 23.6. The third-order valence-electron chi connectivity index (χ3n) is 3.32. The largest absolute Gasteiger partial charge is 0.349 e. The monoisotopic (exact) mass is 235 g/mol. The molecule has 0 aliphatic heterocycles. The molecule has 4 N–H and O–H groups in total. The summed E-state index contributed by atoms with van der Waals surface area (Å²) in [5, 5.41) is 2.95. The molecule has 1 amide bonds. The quantitative estimate of drug-likeness (QED) is 0.701. The van der Waals surface area contributed by atoms with Crippen LogP contribution in [-0.2, 0) is 0 Å². The van der Waals surface area contributed by atoms with Gasteiger partial charge >= 0.3 is 0 Å². The summed E-state index contributed by atoms with van der Waals surface area (Å²) in [5.74, 6) is 0.169. The zero-order valence-electron chi connectivity index (χ0n) is 9.61. The van der Waals surface area contributed by atoms with Crippen molar-refractivity contribution in [1.29, 1.82) is 0 Å². The fraction of sp³-hybridized carbons (Fsp3) is 0.500. The molecule has 0 saturated heterocycles. The smallest absolute Gasteiger partial charge is 0.251 e. The van der Waals surface area contributed by atoms with Gasteiger partial charge in [-0.25, -0.2) is 0 Å². The second kappa shape index (κ2) is 5.14. The second-order valence-electron chi connectivity index (χ2n) is 4.45. The van der Waals surface area contributed by atoms with Crippen LogP contribution in [0.25, 0.3) is 0 Å². The van der Waals surface area contributed by atoms with Crippen LogP contribution in [0.2, 0.25) is 0 Å². The number of hydrogen-bond donors (Lipinski definition) is 3. The Labute approximate surface area is 99.4 Å². The van der Waals surface area contributed by atoms with Gasteiger partial charge in [0.05, 0.1) is 0 Å². The van der Waals surface area contributed by atoms with Crippen molar-refractivity contribution in [2.75, 3.05) is 6.54 Å². The van der Waals surface area contributed by atoms with Gasteiger partial charge in [-0.05, 0) is 31.4 Å². The lowest BCUT2D eigenvalue weighted by Crippen LogP contribution is -2.40. The lowest BCUT2D eigenvalue weighted by Gasteiger charge is -2.19. The molecule has 1 aliphatic rings. The number of hydrogen-bond acceptors (Lipinski definition) is 3. The Balaban J connectivity index is 2.04. The SMILES string of the molecule is NCC1CCCC1NC(=O)c1cc[nH]c(=O)c1. The van der Waals surface area contributed by atoms with E-state index in [1.54, 1.807) is 6.07 Å². The standard InChI is InChI=1S/C12H17N3O2/c13-7-9-2-1-3-10(9)15-12(17)8-4-5-14-11(16)6-8/h4-6,9-10H,1-3,7,13H2,(H,14,16)(H,15,17). The van der Waals surface area contributed by atoms with Crippen molar-refractivity contribution >= 4 is 5.91 Å². The van der Waals surface area contributed by atoms with E-state index in [1.165, 1.54) is 12.3 Å². The van der Waals surface area contributed by atoms with Crippen LogP contribution in [0.3, 0.4) is 0 Å². The van der Waals surface area contributed by atoms with Crippen LogP contribution in [0.4, 0.5) is 0 Å². The highest BCUT2D eigenvalue weighted by Gasteiger charge is 2.27. The van der Waals surface area contributed by atoms with Crippen LogP contribution in [0.15, 0.2) is 23.1 Å². The molecule has 17 heavy (non-hydrogen) atoms. The number of rotatable bonds is 3. The Morgan fingerprint density at radius 2 is 2.35 bits per heavy atom. The van der Waals surface area contributed by atoms with E-state index in [1.807, 2.05) is 0 Å². The first-order valence-corrected chi connectivity index (χ1v) is 5.90. The van der Waals surface area contributed by atoms with Gasteiger partial charge < -0.3 is 16.0 Å². The highest BCUT2D eigenvalue weighted by atomic mass is 16.2. The number of nitrogens with one attached hydrogen (secondary N) is 2. The van der Waals surface area contributed by atoms with Crippen molar-refractivity contribution < 1.29 is 4.79 Å². The summed E-state index contributed by atoms with van der Waals surface area (Å²) >= 11 is 0. The van der Waals surface area contributed by atoms with Gasteiger partial charge in [0.25, 0.3) is 5.91 Å². The van der Waals surface area contributed by atoms with Gasteiger partial charge in [0.1, 0.15) is 0 Å². The number of amides is 1. The zero-order valence-corrected chi connectivity index (χ0v) is 9.61. The molecular weight excluding hydrogens is 218 g/mol. The molecule has 5 nitrogen and oxygen atoms in total. The summed E-state index contributed by atoms with van der Waals surface area (Å²) in [6, 6.07) is 3.05. The molecule has 2 rings (SSSR count). The fourth-order valence-corrected chi connectivity index (χ4v) is 2.35. The maximum atomic E-state index is 11.9. The number of carbonyl (C=O) groups is 1. The summed E-state index contributed by atoms with van der Waals surface area (Å²) < 4.78 is 0. The summed E-state index contributed by atoms with van der Waals surface area (Å²) in [6.45, 7) is 0.598. The van der Waals surface area contributed by atoms with Gasteiger partial charge in [-0.3, -0.25) is 9.59 Å². The average molecular weight is 235 g/mol. The molecule has 92 valence electrons. The van der Waals surface area contributed by atoms with Crippen LogP contribution < -0.4 is 16.6 Å². The minimum Gasteiger partial charge on any atom is -0.349 e. The lowest BCUT2D eigenvalue weighted by atomic mass is 10.0. The molecule has 1 aromatic rings. The second-order valence-corrected chi connectivity index (χ2v) is 4.45. The van der Waals surface area contributed by atoms with Gasteiger partial charge in [-0.15, -0.1) is 0 Å². The van der Waals surface area contributed by atoms with E-state index in [2.05, 4.69) is 10.3 Å². The first-order valence-electron chi connectivity index (χ1n) is 5.90.